The molecule has 1 atom stereocenters. The summed E-state index contributed by atoms with van der Waals surface area (Å²) in [5.74, 6) is 0.338. The van der Waals surface area contributed by atoms with Crippen LogP contribution in [0.1, 0.15) is 24.0 Å². The molecule has 1 aliphatic heterocycles. The molecule has 0 spiro atoms. The Balaban J connectivity index is 1.51. The highest BCUT2D eigenvalue weighted by Gasteiger charge is 2.16. The lowest BCUT2D eigenvalue weighted by Crippen LogP contribution is -2.32. The number of carbonyl (C=O) groups is 1. The molecule has 2 aromatic rings. The number of carbonyl (C=O) groups excluding carboxylic acids is 1. The highest BCUT2D eigenvalue weighted by molar-refractivity contribution is 7.99. The largest absolute Gasteiger partial charge is 0.376 e. The van der Waals surface area contributed by atoms with Gasteiger partial charge in [-0.3, -0.25) is 4.79 Å². The number of aromatic nitrogens is 2. The highest BCUT2D eigenvalue weighted by atomic mass is 32.2. The SMILES string of the molecule is Cc1ccc(-c2ccc(SCC(=O)NC[C@H]3CCCO3)nn2)c(C)c1. The van der Waals surface area contributed by atoms with E-state index in [-0.39, 0.29) is 12.0 Å². The zero-order chi connectivity index (χ0) is 17.6. The first kappa shape index (κ1) is 17.9. The summed E-state index contributed by atoms with van der Waals surface area (Å²) >= 11 is 1.40. The van der Waals surface area contributed by atoms with Gasteiger partial charge < -0.3 is 10.1 Å². The fourth-order valence-electron chi connectivity index (χ4n) is 2.87. The van der Waals surface area contributed by atoms with Gasteiger partial charge in [-0.05, 0) is 44.4 Å². The first-order valence-corrected chi connectivity index (χ1v) is 9.53. The molecule has 25 heavy (non-hydrogen) atoms. The van der Waals surface area contributed by atoms with Gasteiger partial charge in [-0.25, -0.2) is 0 Å². The van der Waals surface area contributed by atoms with Crippen molar-refractivity contribution >= 4 is 17.7 Å². The van der Waals surface area contributed by atoms with Crippen LogP contribution in [-0.2, 0) is 9.53 Å². The van der Waals surface area contributed by atoms with E-state index in [0.29, 0.717) is 12.3 Å². The van der Waals surface area contributed by atoms with E-state index >= 15 is 0 Å². The molecule has 0 radical (unpaired) electrons. The van der Waals surface area contributed by atoms with Crippen LogP contribution in [0, 0.1) is 13.8 Å². The second-order valence-corrected chi connectivity index (χ2v) is 7.30. The monoisotopic (exact) mass is 357 g/mol. The number of hydrogen-bond acceptors (Lipinski definition) is 5. The number of thioether (sulfide) groups is 1. The van der Waals surface area contributed by atoms with Gasteiger partial charge in [0, 0.05) is 18.7 Å². The zero-order valence-electron chi connectivity index (χ0n) is 14.6. The van der Waals surface area contributed by atoms with Crippen LogP contribution < -0.4 is 5.32 Å². The van der Waals surface area contributed by atoms with Gasteiger partial charge in [0.05, 0.1) is 17.6 Å². The molecule has 0 unspecified atom stereocenters. The van der Waals surface area contributed by atoms with Crippen molar-refractivity contribution in [3.05, 3.63) is 41.5 Å². The Morgan fingerprint density at radius 1 is 1.28 bits per heavy atom. The normalized spacial score (nSPS) is 16.8. The minimum atomic E-state index is 0.000700. The second-order valence-electron chi connectivity index (χ2n) is 6.30. The number of aryl methyl sites for hydroxylation is 2. The van der Waals surface area contributed by atoms with E-state index < -0.39 is 0 Å². The summed E-state index contributed by atoms with van der Waals surface area (Å²) in [5, 5.41) is 12.2. The number of hydrogen-bond donors (Lipinski definition) is 1. The number of benzene rings is 1. The molecule has 1 amide bonds. The molecule has 5 nitrogen and oxygen atoms in total. The summed E-state index contributed by atoms with van der Waals surface area (Å²) in [5.41, 5.74) is 4.35. The molecule has 2 heterocycles. The third kappa shape index (κ3) is 5.03. The van der Waals surface area contributed by atoms with Crippen LogP contribution in [0.2, 0.25) is 0 Å². The molecule has 1 fully saturated rings. The predicted molar refractivity (Wildman–Crippen MR) is 99.6 cm³/mol. The number of rotatable bonds is 6. The minimum Gasteiger partial charge on any atom is -0.376 e. The van der Waals surface area contributed by atoms with Crippen LogP contribution in [0.4, 0.5) is 0 Å². The Morgan fingerprint density at radius 3 is 2.84 bits per heavy atom. The standard InChI is InChI=1S/C19H23N3O2S/c1-13-5-6-16(14(2)10-13)17-7-8-19(22-21-17)25-12-18(23)20-11-15-4-3-9-24-15/h5-8,10,15H,3-4,9,11-12H2,1-2H3,(H,20,23)/t15-/m1/s1. The first-order chi connectivity index (χ1) is 12.1. The van der Waals surface area contributed by atoms with Crippen LogP contribution in [-0.4, -0.2) is 41.1 Å². The zero-order valence-corrected chi connectivity index (χ0v) is 15.4. The van der Waals surface area contributed by atoms with E-state index in [9.17, 15) is 4.79 Å². The average Bonchev–Trinajstić information content (AvgIpc) is 3.12. The average molecular weight is 357 g/mol. The molecule has 132 valence electrons. The number of amides is 1. The molecule has 0 bridgehead atoms. The molecule has 1 N–H and O–H groups in total. The molecule has 3 rings (SSSR count). The Bertz CT molecular complexity index is 728. The van der Waals surface area contributed by atoms with Gasteiger partial charge in [0.15, 0.2) is 0 Å². The molecular weight excluding hydrogens is 334 g/mol. The van der Waals surface area contributed by atoms with Gasteiger partial charge in [0.2, 0.25) is 5.91 Å². The van der Waals surface area contributed by atoms with Gasteiger partial charge in [0.25, 0.3) is 0 Å². The van der Waals surface area contributed by atoms with Crippen LogP contribution >= 0.6 is 11.8 Å². The maximum Gasteiger partial charge on any atom is 0.230 e. The summed E-state index contributed by atoms with van der Waals surface area (Å²) in [7, 11) is 0. The van der Waals surface area contributed by atoms with Crippen molar-refractivity contribution in [3.63, 3.8) is 0 Å². The minimum absolute atomic E-state index is 0.000700. The maximum absolute atomic E-state index is 11.9. The smallest absolute Gasteiger partial charge is 0.230 e. The van der Waals surface area contributed by atoms with Gasteiger partial charge >= 0.3 is 0 Å². The Labute approximate surface area is 152 Å². The molecule has 0 saturated carbocycles. The molecule has 1 aromatic heterocycles. The van der Waals surface area contributed by atoms with E-state index in [1.165, 1.54) is 22.9 Å². The topological polar surface area (TPSA) is 64.1 Å². The Kier molecular flexibility index (Phi) is 6.04. The molecule has 6 heteroatoms. The van der Waals surface area contributed by atoms with E-state index in [4.69, 9.17) is 4.74 Å². The molecule has 1 aromatic carbocycles. The lowest BCUT2D eigenvalue weighted by atomic mass is 10.0. The summed E-state index contributed by atoms with van der Waals surface area (Å²) in [4.78, 5) is 11.9. The van der Waals surface area contributed by atoms with Crippen molar-refractivity contribution in [2.24, 2.45) is 0 Å². The van der Waals surface area contributed by atoms with Crippen molar-refractivity contribution < 1.29 is 9.53 Å². The lowest BCUT2D eigenvalue weighted by Gasteiger charge is -2.10. The van der Waals surface area contributed by atoms with Crippen LogP contribution in [0.3, 0.4) is 0 Å². The van der Waals surface area contributed by atoms with Gasteiger partial charge in [0.1, 0.15) is 5.03 Å². The second kappa shape index (κ2) is 8.45. The van der Waals surface area contributed by atoms with Crippen molar-refractivity contribution in [2.75, 3.05) is 18.9 Å². The Morgan fingerprint density at radius 2 is 2.16 bits per heavy atom. The van der Waals surface area contributed by atoms with Crippen LogP contribution in [0.5, 0.6) is 0 Å². The van der Waals surface area contributed by atoms with Crippen molar-refractivity contribution in [1.82, 2.24) is 15.5 Å². The van der Waals surface area contributed by atoms with Crippen molar-refractivity contribution in [3.8, 4) is 11.3 Å². The molecule has 0 aliphatic carbocycles. The van der Waals surface area contributed by atoms with E-state index in [1.807, 2.05) is 12.1 Å². The molecule has 1 aliphatic rings. The highest BCUT2D eigenvalue weighted by Crippen LogP contribution is 2.23. The number of ether oxygens (including phenoxy) is 1. The van der Waals surface area contributed by atoms with Crippen LogP contribution in [0.15, 0.2) is 35.4 Å². The predicted octanol–water partition coefficient (Wildman–Crippen LogP) is 3.15. The lowest BCUT2D eigenvalue weighted by molar-refractivity contribution is -0.119. The fraction of sp³-hybridized carbons (Fsp3) is 0.421. The maximum atomic E-state index is 11.9. The molecular formula is C19H23N3O2S. The van der Waals surface area contributed by atoms with E-state index in [1.54, 1.807) is 0 Å². The third-order valence-corrected chi connectivity index (χ3v) is 5.12. The van der Waals surface area contributed by atoms with Crippen molar-refractivity contribution in [2.45, 2.75) is 37.8 Å². The summed E-state index contributed by atoms with van der Waals surface area (Å²) in [6.45, 7) is 5.55. The third-order valence-electron chi connectivity index (χ3n) is 4.20. The van der Waals surface area contributed by atoms with Crippen molar-refractivity contribution in [1.29, 1.82) is 0 Å². The van der Waals surface area contributed by atoms with Gasteiger partial charge in [-0.15, -0.1) is 10.2 Å². The first-order valence-electron chi connectivity index (χ1n) is 8.54. The summed E-state index contributed by atoms with van der Waals surface area (Å²) in [6, 6.07) is 10.2. The van der Waals surface area contributed by atoms with Gasteiger partial charge in [-0.1, -0.05) is 35.5 Å². The van der Waals surface area contributed by atoms with Gasteiger partial charge in [-0.2, -0.15) is 0 Å². The fourth-order valence-corrected chi connectivity index (χ4v) is 3.51. The number of nitrogens with one attached hydrogen (secondary N) is 1. The summed E-state index contributed by atoms with van der Waals surface area (Å²) in [6.07, 6.45) is 2.28. The molecule has 1 saturated heterocycles. The number of nitrogens with zero attached hydrogens (tertiary/aromatic N) is 2. The van der Waals surface area contributed by atoms with E-state index in [2.05, 4.69) is 47.6 Å². The quantitative estimate of drug-likeness (QED) is 0.805. The van der Waals surface area contributed by atoms with E-state index in [0.717, 1.165) is 35.7 Å². The Hall–Kier alpha value is -1.92. The summed E-state index contributed by atoms with van der Waals surface area (Å²) < 4.78 is 5.49. The van der Waals surface area contributed by atoms with Crippen LogP contribution in [0.25, 0.3) is 11.3 Å².